The first-order chi connectivity index (χ1) is 11.3. The summed E-state index contributed by atoms with van der Waals surface area (Å²) in [4.78, 5) is 6.75. The van der Waals surface area contributed by atoms with Crippen molar-refractivity contribution in [2.45, 2.75) is 72.5 Å². The van der Waals surface area contributed by atoms with Crippen LogP contribution >= 0.6 is 24.0 Å². The van der Waals surface area contributed by atoms with Crippen LogP contribution in [0.5, 0.6) is 0 Å². The Balaban J connectivity index is 0.00000576. The second-order valence-electron chi connectivity index (χ2n) is 7.00. The van der Waals surface area contributed by atoms with Crippen LogP contribution in [-0.4, -0.2) is 48.2 Å². The molecule has 25 heavy (non-hydrogen) atoms. The lowest BCUT2D eigenvalue weighted by molar-refractivity contribution is 0.173. The standard InChI is InChI=1S/C18H35N5O.HI/c1-13(2)17-11-16(24-22-17)12-21-18(19-7)20-9-8-10-23(14(3)4)15(5)6;/h11,13-15H,8-10,12H2,1-7H3,(H2,19,20,21);1H. The Morgan fingerprint density at radius 1 is 1.16 bits per heavy atom. The maximum atomic E-state index is 5.33. The second kappa shape index (κ2) is 12.5. The fourth-order valence-electron chi connectivity index (χ4n) is 2.66. The third-order valence-corrected chi connectivity index (χ3v) is 4.03. The average molecular weight is 465 g/mol. The molecule has 146 valence electrons. The predicted octanol–water partition coefficient (Wildman–Crippen LogP) is 3.59. The molecule has 0 aromatic carbocycles. The second-order valence-corrected chi connectivity index (χ2v) is 7.00. The molecule has 0 aliphatic rings. The fraction of sp³-hybridized carbons (Fsp3) is 0.778. The molecule has 0 amide bonds. The number of halogens is 1. The maximum absolute atomic E-state index is 5.33. The summed E-state index contributed by atoms with van der Waals surface area (Å²) in [7, 11) is 1.78. The number of guanidine groups is 1. The summed E-state index contributed by atoms with van der Waals surface area (Å²) < 4.78 is 5.33. The van der Waals surface area contributed by atoms with Crippen LogP contribution in [0.25, 0.3) is 0 Å². The lowest BCUT2D eigenvalue weighted by Gasteiger charge is -2.30. The van der Waals surface area contributed by atoms with E-state index in [1.807, 2.05) is 6.07 Å². The van der Waals surface area contributed by atoms with Gasteiger partial charge in [-0.15, -0.1) is 24.0 Å². The molecule has 1 aromatic heterocycles. The molecule has 0 aliphatic carbocycles. The van der Waals surface area contributed by atoms with Gasteiger partial charge < -0.3 is 15.2 Å². The monoisotopic (exact) mass is 465 g/mol. The molecule has 0 unspecified atom stereocenters. The van der Waals surface area contributed by atoms with Gasteiger partial charge in [0.05, 0.1) is 12.2 Å². The molecule has 0 fully saturated rings. The van der Waals surface area contributed by atoms with Crippen molar-refractivity contribution < 1.29 is 4.52 Å². The van der Waals surface area contributed by atoms with Gasteiger partial charge >= 0.3 is 0 Å². The third kappa shape index (κ3) is 8.89. The van der Waals surface area contributed by atoms with Gasteiger partial charge in [0, 0.05) is 38.3 Å². The van der Waals surface area contributed by atoms with Crippen molar-refractivity contribution in [1.29, 1.82) is 0 Å². The minimum absolute atomic E-state index is 0. The number of aromatic nitrogens is 1. The Bertz CT molecular complexity index is 491. The van der Waals surface area contributed by atoms with Crippen LogP contribution in [0.15, 0.2) is 15.6 Å². The third-order valence-electron chi connectivity index (χ3n) is 4.03. The summed E-state index contributed by atoms with van der Waals surface area (Å²) in [6.07, 6.45) is 1.08. The van der Waals surface area contributed by atoms with Gasteiger partial charge in [0.15, 0.2) is 11.7 Å². The normalized spacial score (nSPS) is 12.2. The van der Waals surface area contributed by atoms with E-state index in [1.54, 1.807) is 7.05 Å². The van der Waals surface area contributed by atoms with E-state index in [0.29, 0.717) is 24.5 Å². The first kappa shape index (κ1) is 24.2. The first-order valence-corrected chi connectivity index (χ1v) is 9.00. The van der Waals surface area contributed by atoms with Gasteiger partial charge in [0.1, 0.15) is 0 Å². The highest BCUT2D eigenvalue weighted by atomic mass is 127. The SMILES string of the molecule is CN=C(NCCCN(C(C)C)C(C)C)NCc1cc(C(C)C)no1.I. The summed E-state index contributed by atoms with van der Waals surface area (Å²) in [6, 6.07) is 3.14. The average Bonchev–Trinajstić information content (AvgIpc) is 2.98. The molecule has 6 nitrogen and oxygen atoms in total. The largest absolute Gasteiger partial charge is 0.359 e. The van der Waals surface area contributed by atoms with Gasteiger partial charge in [-0.1, -0.05) is 19.0 Å². The van der Waals surface area contributed by atoms with Gasteiger partial charge in [0.25, 0.3) is 0 Å². The molecule has 1 rings (SSSR count). The van der Waals surface area contributed by atoms with Crippen molar-refractivity contribution in [1.82, 2.24) is 20.7 Å². The molecular formula is C18H36IN5O. The highest BCUT2D eigenvalue weighted by Gasteiger charge is 2.12. The minimum atomic E-state index is 0. The van der Waals surface area contributed by atoms with E-state index in [1.165, 1.54) is 0 Å². The predicted molar refractivity (Wildman–Crippen MR) is 116 cm³/mol. The molecule has 1 aromatic rings. The number of nitrogens with one attached hydrogen (secondary N) is 2. The van der Waals surface area contributed by atoms with Crippen molar-refractivity contribution in [3.63, 3.8) is 0 Å². The smallest absolute Gasteiger partial charge is 0.191 e. The molecule has 0 spiro atoms. The lowest BCUT2D eigenvalue weighted by atomic mass is 10.1. The quantitative estimate of drug-likeness (QED) is 0.253. The Morgan fingerprint density at radius 2 is 1.80 bits per heavy atom. The molecule has 0 bridgehead atoms. The van der Waals surface area contributed by atoms with Crippen molar-refractivity contribution in [3.05, 3.63) is 17.5 Å². The van der Waals surface area contributed by atoms with Crippen LogP contribution in [-0.2, 0) is 6.54 Å². The highest BCUT2D eigenvalue weighted by molar-refractivity contribution is 14.0. The topological polar surface area (TPSA) is 65.7 Å². The summed E-state index contributed by atoms with van der Waals surface area (Å²) in [6.45, 7) is 15.8. The van der Waals surface area contributed by atoms with Crippen LogP contribution in [0, 0.1) is 0 Å². The Hall–Kier alpha value is -0.830. The summed E-state index contributed by atoms with van der Waals surface area (Å²) in [5, 5.41) is 10.7. The lowest BCUT2D eigenvalue weighted by Crippen LogP contribution is -2.41. The van der Waals surface area contributed by atoms with Gasteiger partial charge in [0.2, 0.25) is 0 Å². The molecule has 0 saturated heterocycles. The minimum Gasteiger partial charge on any atom is -0.359 e. The fourth-order valence-corrected chi connectivity index (χ4v) is 2.66. The zero-order chi connectivity index (χ0) is 18.1. The molecule has 7 heteroatoms. The van der Waals surface area contributed by atoms with Crippen molar-refractivity contribution >= 4 is 29.9 Å². The molecule has 0 saturated carbocycles. The van der Waals surface area contributed by atoms with Crippen LogP contribution < -0.4 is 10.6 Å². The number of hydrogen-bond donors (Lipinski definition) is 2. The Kier molecular flexibility index (Phi) is 12.1. The van der Waals surface area contributed by atoms with Crippen molar-refractivity contribution in [2.75, 3.05) is 20.1 Å². The van der Waals surface area contributed by atoms with E-state index in [4.69, 9.17) is 4.52 Å². The van der Waals surface area contributed by atoms with E-state index in [2.05, 4.69) is 67.2 Å². The number of rotatable bonds is 9. The Morgan fingerprint density at radius 3 is 2.28 bits per heavy atom. The van der Waals surface area contributed by atoms with Crippen LogP contribution in [0.2, 0.25) is 0 Å². The first-order valence-electron chi connectivity index (χ1n) is 9.00. The van der Waals surface area contributed by atoms with Crippen LogP contribution in [0.1, 0.15) is 65.3 Å². The molecule has 0 atom stereocenters. The zero-order valence-corrected chi connectivity index (χ0v) is 19.1. The number of hydrogen-bond acceptors (Lipinski definition) is 4. The number of nitrogens with zero attached hydrogens (tertiary/aromatic N) is 3. The summed E-state index contributed by atoms with van der Waals surface area (Å²) in [5.74, 6) is 2.00. The van der Waals surface area contributed by atoms with Gasteiger partial charge in [-0.2, -0.15) is 0 Å². The van der Waals surface area contributed by atoms with Gasteiger partial charge in [-0.05, 0) is 40.0 Å². The van der Waals surface area contributed by atoms with Crippen molar-refractivity contribution in [2.24, 2.45) is 4.99 Å². The molecular weight excluding hydrogens is 429 g/mol. The molecule has 2 N–H and O–H groups in total. The number of aliphatic imine (C=N–C) groups is 1. The zero-order valence-electron chi connectivity index (χ0n) is 16.8. The summed E-state index contributed by atoms with van der Waals surface area (Å²) in [5.41, 5.74) is 0.984. The van der Waals surface area contributed by atoms with E-state index in [0.717, 1.165) is 36.9 Å². The molecule has 0 radical (unpaired) electrons. The molecule has 0 aliphatic heterocycles. The maximum Gasteiger partial charge on any atom is 0.191 e. The van der Waals surface area contributed by atoms with Crippen molar-refractivity contribution in [3.8, 4) is 0 Å². The van der Waals surface area contributed by atoms with E-state index in [-0.39, 0.29) is 24.0 Å². The molecule has 1 heterocycles. The Labute approximate surface area is 170 Å². The van der Waals surface area contributed by atoms with Gasteiger partial charge in [-0.3, -0.25) is 9.89 Å². The van der Waals surface area contributed by atoms with Crippen LogP contribution in [0.4, 0.5) is 0 Å². The summed E-state index contributed by atoms with van der Waals surface area (Å²) >= 11 is 0. The van der Waals surface area contributed by atoms with E-state index in [9.17, 15) is 0 Å². The highest BCUT2D eigenvalue weighted by Crippen LogP contribution is 2.13. The van der Waals surface area contributed by atoms with Crippen LogP contribution in [0.3, 0.4) is 0 Å². The van der Waals surface area contributed by atoms with Gasteiger partial charge in [-0.25, -0.2) is 0 Å². The van der Waals surface area contributed by atoms with E-state index < -0.39 is 0 Å². The van der Waals surface area contributed by atoms with E-state index >= 15 is 0 Å².